The molecule has 0 unspecified atom stereocenters. The van der Waals surface area contributed by atoms with Gasteiger partial charge in [-0.15, -0.1) is 0 Å². The van der Waals surface area contributed by atoms with Gasteiger partial charge in [-0.3, -0.25) is 9.89 Å². The fraction of sp³-hybridized carbons (Fsp3) is 0.538. The molecule has 0 radical (unpaired) electrons. The van der Waals surface area contributed by atoms with Crippen molar-refractivity contribution in [3.63, 3.8) is 0 Å². The van der Waals surface area contributed by atoms with E-state index in [1.54, 1.807) is 18.9 Å². The molecule has 2 heterocycles. The molecule has 2 aromatic rings. The molecule has 7 heteroatoms. The highest BCUT2D eigenvalue weighted by molar-refractivity contribution is 5.96. The van der Waals surface area contributed by atoms with E-state index in [1.165, 1.54) is 0 Å². The van der Waals surface area contributed by atoms with Crippen LogP contribution in [0.3, 0.4) is 0 Å². The zero-order valence-corrected chi connectivity index (χ0v) is 12.4. The number of aromatic nitrogens is 4. The molecule has 0 aromatic carbocycles. The van der Waals surface area contributed by atoms with Crippen LogP contribution in [0.25, 0.3) is 0 Å². The monoisotopic (exact) mass is 277 g/mol. The lowest BCUT2D eigenvalue weighted by Gasteiger charge is -2.15. The zero-order valence-electron chi connectivity index (χ0n) is 12.4. The Labute approximate surface area is 117 Å². The number of nitrogens with one attached hydrogen (secondary N) is 1. The lowest BCUT2D eigenvalue weighted by molar-refractivity contribution is 0.0778. The predicted molar refractivity (Wildman–Crippen MR) is 72.2 cm³/mol. The molecule has 0 bridgehead atoms. The fourth-order valence-corrected chi connectivity index (χ4v) is 1.98. The summed E-state index contributed by atoms with van der Waals surface area (Å²) in [6.07, 6.45) is 0. The summed E-state index contributed by atoms with van der Waals surface area (Å²) in [6, 6.07) is 0. The largest absolute Gasteiger partial charge is 0.360 e. The number of amides is 1. The second kappa shape index (κ2) is 5.44. The number of rotatable bonds is 4. The molecule has 2 aromatic heterocycles. The van der Waals surface area contributed by atoms with Crippen molar-refractivity contribution in [2.24, 2.45) is 0 Å². The first-order valence-corrected chi connectivity index (χ1v) is 6.49. The molecule has 0 saturated heterocycles. The maximum absolute atomic E-state index is 12.5. The third-order valence-corrected chi connectivity index (χ3v) is 3.00. The highest BCUT2D eigenvalue weighted by Crippen LogP contribution is 2.23. The van der Waals surface area contributed by atoms with Gasteiger partial charge in [0, 0.05) is 13.0 Å². The molecule has 0 spiro atoms. The molecule has 0 saturated carbocycles. The number of hydrogen-bond acceptors (Lipinski definition) is 5. The lowest BCUT2D eigenvalue weighted by Crippen LogP contribution is -2.28. The molecule has 0 aliphatic heterocycles. The zero-order chi connectivity index (χ0) is 14.9. The minimum atomic E-state index is -0.130. The van der Waals surface area contributed by atoms with E-state index in [4.69, 9.17) is 4.52 Å². The summed E-state index contributed by atoms with van der Waals surface area (Å²) in [6.45, 7) is 7.86. The van der Waals surface area contributed by atoms with Gasteiger partial charge in [0.25, 0.3) is 5.91 Å². The van der Waals surface area contributed by atoms with Crippen LogP contribution in [-0.4, -0.2) is 38.2 Å². The van der Waals surface area contributed by atoms with Crippen LogP contribution in [0.4, 0.5) is 0 Å². The van der Waals surface area contributed by atoms with E-state index in [0.29, 0.717) is 29.4 Å². The van der Waals surface area contributed by atoms with E-state index in [2.05, 4.69) is 20.3 Å². The topological polar surface area (TPSA) is 87.9 Å². The second-order valence-corrected chi connectivity index (χ2v) is 5.16. The van der Waals surface area contributed by atoms with Gasteiger partial charge in [0.2, 0.25) is 0 Å². The fourth-order valence-electron chi connectivity index (χ4n) is 1.98. The Kier molecular flexibility index (Phi) is 3.87. The summed E-state index contributed by atoms with van der Waals surface area (Å²) in [5.74, 6) is 1.90. The Balaban J connectivity index is 2.20. The van der Waals surface area contributed by atoms with E-state index >= 15 is 0 Å². The summed E-state index contributed by atoms with van der Waals surface area (Å²) in [4.78, 5) is 18.3. The number of H-pyrrole nitrogens is 1. The van der Waals surface area contributed by atoms with Crippen LogP contribution in [-0.2, 0) is 6.54 Å². The summed E-state index contributed by atoms with van der Waals surface area (Å²) in [7, 11) is 1.71. The molecule has 0 aliphatic carbocycles. The Bertz CT molecular complexity index is 614. The van der Waals surface area contributed by atoms with Gasteiger partial charge >= 0.3 is 0 Å². The first-order valence-electron chi connectivity index (χ1n) is 6.49. The van der Waals surface area contributed by atoms with Crippen molar-refractivity contribution in [2.45, 2.75) is 40.2 Å². The first-order chi connectivity index (χ1) is 9.40. The van der Waals surface area contributed by atoms with Gasteiger partial charge in [0.1, 0.15) is 11.4 Å². The van der Waals surface area contributed by atoms with Gasteiger partial charge in [-0.05, 0) is 13.8 Å². The van der Waals surface area contributed by atoms with Crippen molar-refractivity contribution in [2.75, 3.05) is 7.05 Å². The molecule has 0 fully saturated rings. The molecule has 108 valence electrons. The summed E-state index contributed by atoms with van der Waals surface area (Å²) in [5.41, 5.74) is 1.14. The first kappa shape index (κ1) is 14.2. The van der Waals surface area contributed by atoms with Crippen molar-refractivity contribution in [1.29, 1.82) is 0 Å². The Morgan fingerprint density at radius 3 is 2.65 bits per heavy atom. The van der Waals surface area contributed by atoms with Gasteiger partial charge in [-0.1, -0.05) is 19.0 Å². The summed E-state index contributed by atoms with van der Waals surface area (Å²) < 4.78 is 5.25. The Hall–Kier alpha value is -2.18. The average molecular weight is 277 g/mol. The standard InChI is InChI=1S/C13H19N5O2/c1-7(2)12-11(8(3)17-20-12)13(19)18(5)6-10-14-9(4)15-16-10/h7H,6H2,1-5H3,(H,14,15,16). The maximum atomic E-state index is 12.5. The number of nitrogens with zero attached hydrogens (tertiary/aromatic N) is 4. The van der Waals surface area contributed by atoms with Crippen molar-refractivity contribution in [3.8, 4) is 0 Å². The summed E-state index contributed by atoms with van der Waals surface area (Å²) >= 11 is 0. The third-order valence-electron chi connectivity index (χ3n) is 3.00. The van der Waals surface area contributed by atoms with Crippen molar-refractivity contribution in [3.05, 3.63) is 28.7 Å². The van der Waals surface area contributed by atoms with E-state index in [0.717, 1.165) is 5.82 Å². The predicted octanol–water partition coefficient (Wildman–Crippen LogP) is 1.81. The van der Waals surface area contributed by atoms with Gasteiger partial charge in [0.05, 0.1) is 12.2 Å². The number of carbonyl (C=O) groups is 1. The van der Waals surface area contributed by atoms with Crippen LogP contribution in [0.2, 0.25) is 0 Å². The molecule has 0 atom stereocenters. The number of carbonyl (C=O) groups excluding carboxylic acids is 1. The van der Waals surface area contributed by atoms with Gasteiger partial charge in [-0.2, -0.15) is 5.10 Å². The van der Waals surface area contributed by atoms with E-state index < -0.39 is 0 Å². The second-order valence-electron chi connectivity index (χ2n) is 5.16. The van der Waals surface area contributed by atoms with E-state index in [9.17, 15) is 4.79 Å². The van der Waals surface area contributed by atoms with Crippen molar-refractivity contribution >= 4 is 5.91 Å². The Morgan fingerprint density at radius 2 is 2.10 bits per heavy atom. The van der Waals surface area contributed by atoms with E-state index in [-0.39, 0.29) is 11.8 Å². The number of aromatic amines is 1. The van der Waals surface area contributed by atoms with Crippen molar-refractivity contribution < 1.29 is 9.32 Å². The molecular weight excluding hydrogens is 258 g/mol. The molecule has 20 heavy (non-hydrogen) atoms. The summed E-state index contributed by atoms with van der Waals surface area (Å²) in [5, 5.41) is 10.7. The average Bonchev–Trinajstić information content (AvgIpc) is 2.94. The van der Waals surface area contributed by atoms with Crippen LogP contribution in [0.1, 0.15) is 53.2 Å². The smallest absolute Gasteiger partial charge is 0.259 e. The highest BCUT2D eigenvalue weighted by Gasteiger charge is 2.25. The maximum Gasteiger partial charge on any atom is 0.259 e. The molecular formula is C13H19N5O2. The molecule has 7 nitrogen and oxygen atoms in total. The minimum Gasteiger partial charge on any atom is -0.360 e. The number of hydrogen-bond donors (Lipinski definition) is 1. The van der Waals surface area contributed by atoms with Crippen molar-refractivity contribution in [1.82, 2.24) is 25.2 Å². The lowest BCUT2D eigenvalue weighted by atomic mass is 10.0. The van der Waals surface area contributed by atoms with E-state index in [1.807, 2.05) is 20.8 Å². The van der Waals surface area contributed by atoms with Crippen LogP contribution in [0, 0.1) is 13.8 Å². The van der Waals surface area contributed by atoms with Crippen LogP contribution in [0.15, 0.2) is 4.52 Å². The minimum absolute atomic E-state index is 0.106. The normalized spacial score (nSPS) is 11.1. The van der Waals surface area contributed by atoms with Gasteiger partial charge in [-0.25, -0.2) is 4.98 Å². The number of aryl methyl sites for hydroxylation is 2. The quantitative estimate of drug-likeness (QED) is 0.920. The molecule has 2 rings (SSSR count). The molecule has 1 N–H and O–H groups in total. The van der Waals surface area contributed by atoms with Crippen LogP contribution < -0.4 is 0 Å². The Morgan fingerprint density at radius 1 is 1.40 bits per heavy atom. The van der Waals surface area contributed by atoms with Crippen LogP contribution in [0.5, 0.6) is 0 Å². The van der Waals surface area contributed by atoms with Gasteiger partial charge in [0.15, 0.2) is 11.6 Å². The highest BCUT2D eigenvalue weighted by atomic mass is 16.5. The van der Waals surface area contributed by atoms with Gasteiger partial charge < -0.3 is 9.42 Å². The molecule has 1 amide bonds. The molecule has 0 aliphatic rings. The van der Waals surface area contributed by atoms with Crippen LogP contribution >= 0.6 is 0 Å². The SMILES string of the molecule is Cc1nc(CN(C)C(=O)c2c(C)noc2C(C)C)n[nH]1. The third kappa shape index (κ3) is 2.71.